The first-order valence-corrected chi connectivity index (χ1v) is 4.47. The molecule has 64 valence electrons. The summed E-state index contributed by atoms with van der Waals surface area (Å²) in [6.07, 6.45) is 2.56. The summed E-state index contributed by atoms with van der Waals surface area (Å²) in [4.78, 5) is 0. The van der Waals surface area contributed by atoms with Crippen molar-refractivity contribution in [2.45, 2.75) is 37.5 Å². The molecule has 0 aromatic rings. The first-order chi connectivity index (χ1) is 5.36. The summed E-state index contributed by atoms with van der Waals surface area (Å²) in [5.41, 5.74) is 0. The van der Waals surface area contributed by atoms with Crippen molar-refractivity contribution in [3.63, 3.8) is 0 Å². The minimum Gasteiger partial charge on any atom is -0.312 e. The Morgan fingerprint density at radius 2 is 2.09 bits per heavy atom. The third-order valence-corrected chi connectivity index (χ3v) is 2.70. The number of halogens is 1. The highest BCUT2D eigenvalue weighted by atomic mass is 19.1. The lowest BCUT2D eigenvalue weighted by atomic mass is 10.1. The van der Waals surface area contributed by atoms with Gasteiger partial charge in [-0.25, -0.2) is 4.39 Å². The van der Waals surface area contributed by atoms with Crippen LogP contribution in [0.1, 0.15) is 19.3 Å². The van der Waals surface area contributed by atoms with E-state index in [0.717, 1.165) is 6.54 Å². The van der Waals surface area contributed by atoms with Crippen LogP contribution in [0.25, 0.3) is 0 Å². The molecule has 0 bridgehead atoms. The lowest BCUT2D eigenvalue weighted by Gasteiger charge is -2.17. The van der Waals surface area contributed by atoms with E-state index in [1.807, 2.05) is 0 Å². The van der Waals surface area contributed by atoms with Gasteiger partial charge in [-0.2, -0.15) is 0 Å². The van der Waals surface area contributed by atoms with Crippen LogP contribution in [0, 0.1) is 0 Å². The second-order valence-corrected chi connectivity index (χ2v) is 3.55. The second kappa shape index (κ2) is 3.07. The predicted molar refractivity (Wildman–Crippen MR) is 42.3 cm³/mol. The topological polar surface area (TPSA) is 24.1 Å². The van der Waals surface area contributed by atoms with Crippen LogP contribution >= 0.6 is 0 Å². The standard InChI is InChI=1S/C8H15FN2/c9-6-4-8(11-5-6)7-2-1-3-10-7/h6-8,10-11H,1-5H2/t6-,7?,8?/m1/s1. The molecule has 2 fully saturated rings. The van der Waals surface area contributed by atoms with E-state index < -0.39 is 6.17 Å². The van der Waals surface area contributed by atoms with Crippen LogP contribution < -0.4 is 10.6 Å². The van der Waals surface area contributed by atoms with Gasteiger partial charge in [-0.15, -0.1) is 0 Å². The predicted octanol–water partition coefficient (Wildman–Crippen LogP) is 0.438. The summed E-state index contributed by atoms with van der Waals surface area (Å²) in [7, 11) is 0. The molecule has 2 nitrogen and oxygen atoms in total. The molecule has 11 heavy (non-hydrogen) atoms. The Bertz CT molecular complexity index is 134. The average Bonchev–Trinajstić information content (AvgIpc) is 2.55. The number of nitrogens with one attached hydrogen (secondary N) is 2. The van der Waals surface area contributed by atoms with Gasteiger partial charge in [0, 0.05) is 18.6 Å². The smallest absolute Gasteiger partial charge is 0.114 e. The third-order valence-electron chi connectivity index (χ3n) is 2.70. The van der Waals surface area contributed by atoms with Crippen molar-refractivity contribution in [1.29, 1.82) is 0 Å². The molecule has 0 saturated carbocycles. The van der Waals surface area contributed by atoms with E-state index in [-0.39, 0.29) is 0 Å². The van der Waals surface area contributed by atoms with Crippen molar-refractivity contribution in [2.75, 3.05) is 13.1 Å². The van der Waals surface area contributed by atoms with E-state index in [1.165, 1.54) is 12.8 Å². The molecule has 2 saturated heterocycles. The number of hydrogen-bond acceptors (Lipinski definition) is 2. The third kappa shape index (κ3) is 1.54. The van der Waals surface area contributed by atoms with Crippen molar-refractivity contribution >= 4 is 0 Å². The normalized spacial score (nSPS) is 45.0. The minimum absolute atomic E-state index is 0.396. The fourth-order valence-corrected chi connectivity index (χ4v) is 2.08. The van der Waals surface area contributed by atoms with Gasteiger partial charge in [0.05, 0.1) is 0 Å². The fraction of sp³-hybridized carbons (Fsp3) is 1.00. The fourth-order valence-electron chi connectivity index (χ4n) is 2.08. The Hall–Kier alpha value is -0.150. The molecule has 3 atom stereocenters. The van der Waals surface area contributed by atoms with Gasteiger partial charge in [-0.3, -0.25) is 0 Å². The SMILES string of the molecule is F[C@H]1CNC(C2CCCN2)C1. The molecule has 2 unspecified atom stereocenters. The lowest BCUT2D eigenvalue weighted by molar-refractivity contribution is 0.345. The first kappa shape index (κ1) is 7.50. The first-order valence-electron chi connectivity index (χ1n) is 4.47. The molecular formula is C8H15FN2. The number of alkyl halides is 1. The molecule has 0 amide bonds. The van der Waals surface area contributed by atoms with Crippen LogP contribution in [0.4, 0.5) is 4.39 Å². The van der Waals surface area contributed by atoms with Crippen LogP contribution in [0.3, 0.4) is 0 Å². The number of hydrogen-bond donors (Lipinski definition) is 2. The molecule has 2 aliphatic heterocycles. The van der Waals surface area contributed by atoms with Gasteiger partial charge < -0.3 is 10.6 Å². The van der Waals surface area contributed by atoms with Gasteiger partial charge in [-0.05, 0) is 25.8 Å². The van der Waals surface area contributed by atoms with Crippen molar-refractivity contribution in [2.24, 2.45) is 0 Å². The van der Waals surface area contributed by atoms with E-state index >= 15 is 0 Å². The van der Waals surface area contributed by atoms with E-state index in [4.69, 9.17) is 0 Å². The summed E-state index contributed by atoms with van der Waals surface area (Å²) >= 11 is 0. The highest BCUT2D eigenvalue weighted by molar-refractivity contribution is 4.92. The molecule has 2 heterocycles. The van der Waals surface area contributed by atoms with Crippen LogP contribution in [0.5, 0.6) is 0 Å². The van der Waals surface area contributed by atoms with Crippen molar-refractivity contribution < 1.29 is 4.39 Å². The molecule has 0 aromatic heterocycles. The Morgan fingerprint density at radius 1 is 1.18 bits per heavy atom. The summed E-state index contributed by atoms with van der Waals surface area (Å²) in [6.45, 7) is 1.67. The zero-order valence-electron chi connectivity index (χ0n) is 6.65. The van der Waals surface area contributed by atoms with Gasteiger partial charge in [0.25, 0.3) is 0 Å². The molecule has 3 heteroatoms. The largest absolute Gasteiger partial charge is 0.312 e. The quantitative estimate of drug-likeness (QED) is 0.578. The van der Waals surface area contributed by atoms with E-state index in [9.17, 15) is 4.39 Å². The molecule has 0 aliphatic carbocycles. The maximum absolute atomic E-state index is 12.7. The van der Waals surface area contributed by atoms with E-state index in [0.29, 0.717) is 25.0 Å². The Kier molecular flexibility index (Phi) is 2.09. The van der Waals surface area contributed by atoms with Gasteiger partial charge in [0.1, 0.15) is 6.17 Å². The van der Waals surface area contributed by atoms with Gasteiger partial charge in [0.2, 0.25) is 0 Å². The summed E-state index contributed by atoms with van der Waals surface area (Å²) in [5.74, 6) is 0. The Labute approximate surface area is 66.5 Å². The zero-order valence-corrected chi connectivity index (χ0v) is 6.65. The van der Waals surface area contributed by atoms with Crippen LogP contribution in [-0.2, 0) is 0 Å². The van der Waals surface area contributed by atoms with E-state index in [1.54, 1.807) is 0 Å². The molecular weight excluding hydrogens is 143 g/mol. The monoisotopic (exact) mass is 158 g/mol. The van der Waals surface area contributed by atoms with E-state index in [2.05, 4.69) is 10.6 Å². The van der Waals surface area contributed by atoms with Gasteiger partial charge >= 0.3 is 0 Å². The highest BCUT2D eigenvalue weighted by Gasteiger charge is 2.31. The van der Waals surface area contributed by atoms with Crippen LogP contribution in [0.15, 0.2) is 0 Å². The molecule has 0 radical (unpaired) electrons. The Morgan fingerprint density at radius 3 is 2.64 bits per heavy atom. The number of rotatable bonds is 1. The average molecular weight is 158 g/mol. The maximum atomic E-state index is 12.7. The maximum Gasteiger partial charge on any atom is 0.114 e. The molecule has 2 aliphatic rings. The zero-order chi connectivity index (χ0) is 7.68. The van der Waals surface area contributed by atoms with Crippen molar-refractivity contribution in [3.8, 4) is 0 Å². The van der Waals surface area contributed by atoms with Gasteiger partial charge in [-0.1, -0.05) is 0 Å². The van der Waals surface area contributed by atoms with Crippen molar-refractivity contribution in [1.82, 2.24) is 10.6 Å². The summed E-state index contributed by atoms with van der Waals surface area (Å²) < 4.78 is 12.7. The summed E-state index contributed by atoms with van der Waals surface area (Å²) in [6, 6.07) is 0.934. The summed E-state index contributed by atoms with van der Waals surface area (Å²) in [5, 5.41) is 6.60. The minimum atomic E-state index is -0.609. The lowest BCUT2D eigenvalue weighted by Crippen LogP contribution is -2.40. The molecule has 2 N–H and O–H groups in total. The van der Waals surface area contributed by atoms with Crippen molar-refractivity contribution in [3.05, 3.63) is 0 Å². The van der Waals surface area contributed by atoms with Crippen LogP contribution in [-0.4, -0.2) is 31.3 Å². The molecule has 2 rings (SSSR count). The van der Waals surface area contributed by atoms with Crippen LogP contribution in [0.2, 0.25) is 0 Å². The van der Waals surface area contributed by atoms with Gasteiger partial charge in [0.15, 0.2) is 0 Å². The highest BCUT2D eigenvalue weighted by Crippen LogP contribution is 2.18. The molecule has 0 aromatic carbocycles. The Balaban J connectivity index is 1.85. The second-order valence-electron chi connectivity index (χ2n) is 3.55. The molecule has 0 spiro atoms.